The van der Waals surface area contributed by atoms with Crippen molar-refractivity contribution in [2.24, 2.45) is 0 Å². The van der Waals surface area contributed by atoms with Crippen molar-refractivity contribution in [3.63, 3.8) is 0 Å². The van der Waals surface area contributed by atoms with E-state index in [9.17, 15) is 5.26 Å². The lowest BCUT2D eigenvalue weighted by molar-refractivity contribution is 0.738. The molecule has 0 unspecified atom stereocenters. The maximum atomic E-state index is 9.74. The van der Waals surface area contributed by atoms with Crippen LogP contribution in [0.1, 0.15) is 26.3 Å². The second-order valence-corrected chi connectivity index (χ2v) is 14.2. The summed E-state index contributed by atoms with van der Waals surface area (Å²) in [6.45, 7) is 7.03. The van der Waals surface area contributed by atoms with Crippen LogP contribution in [0, 0.1) is 11.3 Å². The highest BCUT2D eigenvalue weighted by atomic mass is 28.3. The minimum atomic E-state index is -2.66. The van der Waals surface area contributed by atoms with Gasteiger partial charge < -0.3 is 0 Å². The van der Waals surface area contributed by atoms with E-state index in [1.165, 1.54) is 10.4 Å². The molecule has 4 aromatic carbocycles. The fraction of sp³-hybridized carbons (Fsp3) is 0.133. The molecule has 33 heavy (non-hydrogen) atoms. The van der Waals surface area contributed by atoms with E-state index in [-0.39, 0.29) is 5.04 Å². The average molecular weight is 443 g/mol. The molecule has 0 saturated carbocycles. The summed E-state index contributed by atoms with van der Waals surface area (Å²) in [5.74, 6) is 0. The predicted octanol–water partition coefficient (Wildman–Crippen LogP) is 5.53. The smallest absolute Gasteiger partial charge is 0.177 e. The fourth-order valence-corrected chi connectivity index (χ4v) is 11.0. The lowest BCUT2D eigenvalue weighted by Gasteiger charge is -2.44. The molecule has 0 saturated heterocycles. The molecule has 5 aromatic rings. The van der Waals surface area contributed by atoms with E-state index in [0.717, 1.165) is 27.0 Å². The van der Waals surface area contributed by atoms with Crippen LogP contribution in [-0.4, -0.2) is 13.1 Å². The summed E-state index contributed by atoms with van der Waals surface area (Å²) >= 11 is 0. The van der Waals surface area contributed by atoms with Gasteiger partial charge in [0.1, 0.15) is 0 Å². The van der Waals surface area contributed by atoms with Gasteiger partial charge in [-0.3, -0.25) is 4.98 Å². The van der Waals surface area contributed by atoms with Gasteiger partial charge in [0.25, 0.3) is 0 Å². The van der Waals surface area contributed by atoms with Crippen LogP contribution in [0.5, 0.6) is 0 Å². The second kappa shape index (κ2) is 7.99. The number of nitriles is 1. The molecule has 0 amide bonds. The number of rotatable bonds is 3. The summed E-state index contributed by atoms with van der Waals surface area (Å²) in [4.78, 5) is 5.42. The number of benzene rings is 4. The Morgan fingerprint density at radius 1 is 0.667 bits per heavy atom. The van der Waals surface area contributed by atoms with Gasteiger partial charge in [0, 0.05) is 16.1 Å². The van der Waals surface area contributed by atoms with Crippen LogP contribution >= 0.6 is 0 Å². The molecule has 5 rings (SSSR count). The molecule has 1 heterocycles. The Hall–Kier alpha value is -3.74. The molecule has 0 spiro atoms. The topological polar surface area (TPSA) is 36.7 Å². The highest BCUT2D eigenvalue weighted by Crippen LogP contribution is 2.37. The zero-order valence-corrected chi connectivity index (χ0v) is 20.2. The molecule has 0 radical (unpaired) electrons. The molecule has 0 aliphatic heterocycles. The summed E-state index contributed by atoms with van der Waals surface area (Å²) in [6, 6.07) is 38.5. The van der Waals surface area contributed by atoms with Crippen LogP contribution in [0.15, 0.2) is 103 Å². The van der Waals surface area contributed by atoms with Crippen molar-refractivity contribution in [2.75, 3.05) is 0 Å². The van der Waals surface area contributed by atoms with Crippen molar-refractivity contribution in [1.29, 1.82) is 5.26 Å². The molecule has 3 heteroatoms. The first-order chi connectivity index (χ1) is 16.0. The van der Waals surface area contributed by atoms with Gasteiger partial charge in [0.2, 0.25) is 0 Å². The minimum absolute atomic E-state index is 0.0826. The summed E-state index contributed by atoms with van der Waals surface area (Å²) in [5, 5.41) is 16.8. The van der Waals surface area contributed by atoms with E-state index in [2.05, 4.69) is 118 Å². The lowest BCUT2D eigenvalue weighted by Crippen LogP contribution is -2.73. The number of hydrogen-bond donors (Lipinski definition) is 0. The number of fused-ring (bicyclic) bond motifs is 3. The first-order valence-corrected chi connectivity index (χ1v) is 13.3. The Morgan fingerprint density at radius 2 is 1.24 bits per heavy atom. The third-order valence-electron chi connectivity index (χ3n) is 6.72. The van der Waals surface area contributed by atoms with Crippen LogP contribution in [-0.2, 0) is 0 Å². The van der Waals surface area contributed by atoms with E-state index >= 15 is 0 Å². The molecule has 0 aliphatic carbocycles. The minimum Gasteiger partial charge on any atom is -0.256 e. The quantitative estimate of drug-likeness (QED) is 0.272. The van der Waals surface area contributed by atoms with Crippen molar-refractivity contribution in [2.45, 2.75) is 25.8 Å². The second-order valence-electron chi connectivity index (χ2n) is 9.58. The number of aromatic nitrogens is 1. The van der Waals surface area contributed by atoms with Crippen molar-refractivity contribution < 1.29 is 0 Å². The van der Waals surface area contributed by atoms with Crippen LogP contribution < -0.4 is 15.7 Å². The Kier molecular flexibility index (Phi) is 5.11. The summed E-state index contributed by atoms with van der Waals surface area (Å²) < 4.78 is 0. The lowest BCUT2D eigenvalue weighted by atomic mass is 10.0. The molecule has 0 N–H and O–H groups in total. The molecular formula is C30H26N2Si. The Morgan fingerprint density at radius 3 is 1.82 bits per heavy atom. The van der Waals surface area contributed by atoms with E-state index in [0.29, 0.717) is 5.56 Å². The van der Waals surface area contributed by atoms with E-state index in [1.807, 2.05) is 12.1 Å². The van der Waals surface area contributed by atoms with Gasteiger partial charge in [-0.1, -0.05) is 106 Å². The van der Waals surface area contributed by atoms with Crippen LogP contribution in [0.4, 0.5) is 0 Å². The maximum absolute atomic E-state index is 9.74. The van der Waals surface area contributed by atoms with Crippen LogP contribution in [0.2, 0.25) is 5.04 Å². The van der Waals surface area contributed by atoms with E-state index < -0.39 is 8.07 Å². The zero-order chi connectivity index (χ0) is 23.1. The first kappa shape index (κ1) is 21.1. The molecule has 0 bridgehead atoms. The number of nitrogens with zero attached hydrogens (tertiary/aromatic N) is 2. The predicted molar refractivity (Wildman–Crippen MR) is 141 cm³/mol. The largest absolute Gasteiger partial charge is 0.256 e. The van der Waals surface area contributed by atoms with Crippen molar-refractivity contribution in [1.82, 2.24) is 4.98 Å². The van der Waals surface area contributed by atoms with Gasteiger partial charge in [-0.15, -0.1) is 0 Å². The summed E-state index contributed by atoms with van der Waals surface area (Å²) in [7, 11) is -2.66. The summed E-state index contributed by atoms with van der Waals surface area (Å²) in [5.41, 5.74) is 1.66. The van der Waals surface area contributed by atoms with Gasteiger partial charge >= 0.3 is 0 Å². The fourth-order valence-electron chi connectivity index (χ4n) is 5.35. The van der Waals surface area contributed by atoms with Crippen LogP contribution in [0.25, 0.3) is 21.7 Å². The standard InChI is InChI=1S/C30H26N2Si/c1-30(2,3)33(23-12-6-4-7-13-23,24-14-8-5-9-15-24)29-27-20-22(21-31)18-19-25(27)26-16-10-11-17-28(26)32-29/h4-20H,1-3H3. The Balaban J connectivity index is 2.06. The van der Waals surface area contributed by atoms with E-state index in [4.69, 9.17) is 4.98 Å². The molecular weight excluding hydrogens is 416 g/mol. The number of hydrogen-bond acceptors (Lipinski definition) is 2. The van der Waals surface area contributed by atoms with Gasteiger partial charge in [-0.2, -0.15) is 5.26 Å². The van der Waals surface area contributed by atoms with Gasteiger partial charge in [-0.25, -0.2) is 0 Å². The maximum Gasteiger partial charge on any atom is 0.177 e. The third kappa shape index (κ3) is 3.26. The molecule has 0 aliphatic rings. The molecule has 0 fully saturated rings. The average Bonchev–Trinajstić information content (AvgIpc) is 2.84. The summed E-state index contributed by atoms with van der Waals surface area (Å²) in [6.07, 6.45) is 0. The number of para-hydroxylation sites is 1. The van der Waals surface area contributed by atoms with Crippen LogP contribution in [0.3, 0.4) is 0 Å². The zero-order valence-electron chi connectivity index (χ0n) is 19.2. The highest BCUT2D eigenvalue weighted by Gasteiger charge is 2.51. The van der Waals surface area contributed by atoms with Crippen molar-refractivity contribution in [3.05, 3.63) is 109 Å². The molecule has 1 aromatic heterocycles. The van der Waals surface area contributed by atoms with Crippen molar-refractivity contribution >= 4 is 45.4 Å². The number of pyridine rings is 1. The Bertz CT molecular complexity index is 1450. The normalized spacial score (nSPS) is 12.1. The molecule has 160 valence electrons. The SMILES string of the molecule is CC(C)(C)[Si](c1ccccc1)(c1ccccc1)c1nc2ccccc2c2ccc(C#N)cc12. The van der Waals surface area contributed by atoms with Gasteiger partial charge in [-0.05, 0) is 39.0 Å². The van der Waals surface area contributed by atoms with Gasteiger partial charge in [0.15, 0.2) is 8.07 Å². The monoisotopic (exact) mass is 442 g/mol. The first-order valence-electron chi connectivity index (χ1n) is 11.3. The molecule has 0 atom stereocenters. The third-order valence-corrected chi connectivity index (χ3v) is 12.5. The van der Waals surface area contributed by atoms with Crippen molar-refractivity contribution in [3.8, 4) is 6.07 Å². The molecule has 2 nitrogen and oxygen atoms in total. The highest BCUT2D eigenvalue weighted by molar-refractivity contribution is 7.13. The van der Waals surface area contributed by atoms with E-state index in [1.54, 1.807) is 0 Å². The van der Waals surface area contributed by atoms with Gasteiger partial charge in [0.05, 0.1) is 17.1 Å². The Labute approximate surface area is 196 Å².